The van der Waals surface area contributed by atoms with E-state index in [-0.39, 0.29) is 28.7 Å². The second kappa shape index (κ2) is 7.47. The van der Waals surface area contributed by atoms with Crippen molar-refractivity contribution < 1.29 is 18.3 Å². The van der Waals surface area contributed by atoms with Crippen LogP contribution >= 0.6 is 0 Å². The first-order valence-electron chi connectivity index (χ1n) is 8.55. The summed E-state index contributed by atoms with van der Waals surface area (Å²) < 4.78 is 26.5. The number of aryl methyl sites for hydroxylation is 1. The predicted molar refractivity (Wildman–Crippen MR) is 98.4 cm³/mol. The molecule has 2 N–H and O–H groups in total. The average Bonchev–Trinajstić information content (AvgIpc) is 3.17. The van der Waals surface area contributed by atoms with E-state index < -0.39 is 10.0 Å². The highest BCUT2D eigenvalue weighted by atomic mass is 32.2. The van der Waals surface area contributed by atoms with Crippen molar-refractivity contribution in [2.75, 3.05) is 13.1 Å². The average molecular weight is 374 g/mol. The number of phenols is 1. The second-order valence-corrected chi connectivity index (χ2v) is 8.40. The van der Waals surface area contributed by atoms with Crippen molar-refractivity contribution in [2.45, 2.75) is 31.2 Å². The third-order valence-electron chi connectivity index (χ3n) is 4.48. The molecule has 7 heteroatoms. The lowest BCUT2D eigenvalue weighted by Gasteiger charge is -2.15. The molecule has 1 aliphatic heterocycles. The number of hydrogen-bond acceptors (Lipinski definition) is 4. The van der Waals surface area contributed by atoms with Gasteiger partial charge in [0.2, 0.25) is 10.0 Å². The van der Waals surface area contributed by atoms with Crippen molar-refractivity contribution in [3.63, 3.8) is 0 Å². The Morgan fingerprint density at radius 1 is 1.12 bits per heavy atom. The van der Waals surface area contributed by atoms with Gasteiger partial charge in [-0.25, -0.2) is 8.42 Å². The van der Waals surface area contributed by atoms with Gasteiger partial charge in [-0.3, -0.25) is 4.79 Å². The number of amides is 1. The minimum atomic E-state index is -3.43. The van der Waals surface area contributed by atoms with Crippen LogP contribution in [0.1, 0.15) is 34.3 Å². The Bertz CT molecular complexity index is 902. The van der Waals surface area contributed by atoms with Crippen molar-refractivity contribution in [2.24, 2.45) is 0 Å². The number of phenolic OH excluding ortho intramolecular Hbond substituents is 1. The Morgan fingerprint density at radius 3 is 2.42 bits per heavy atom. The minimum absolute atomic E-state index is 0.0693. The maximum absolute atomic E-state index is 12.5. The number of hydrogen-bond donors (Lipinski definition) is 2. The molecule has 1 saturated heterocycles. The van der Waals surface area contributed by atoms with Gasteiger partial charge >= 0.3 is 0 Å². The SMILES string of the molecule is Cc1ccc(O)c(C(=O)NCc2ccc(S(=O)(=O)N3CCCC3)cc2)c1. The number of carbonyl (C=O) groups is 1. The summed E-state index contributed by atoms with van der Waals surface area (Å²) in [6.07, 6.45) is 1.80. The zero-order chi connectivity index (χ0) is 18.7. The number of nitrogens with one attached hydrogen (secondary N) is 1. The molecule has 6 nitrogen and oxygen atoms in total. The molecule has 1 amide bonds. The highest BCUT2D eigenvalue weighted by Gasteiger charge is 2.26. The van der Waals surface area contributed by atoms with Crippen LogP contribution in [0, 0.1) is 6.92 Å². The summed E-state index contributed by atoms with van der Waals surface area (Å²) in [4.78, 5) is 12.5. The first-order valence-corrected chi connectivity index (χ1v) is 9.99. The lowest BCUT2D eigenvalue weighted by atomic mass is 10.1. The van der Waals surface area contributed by atoms with Crippen LogP contribution in [0.2, 0.25) is 0 Å². The number of aromatic hydroxyl groups is 1. The van der Waals surface area contributed by atoms with E-state index in [9.17, 15) is 18.3 Å². The van der Waals surface area contributed by atoms with E-state index in [1.165, 1.54) is 10.4 Å². The van der Waals surface area contributed by atoms with Gasteiger partial charge < -0.3 is 10.4 Å². The van der Waals surface area contributed by atoms with Gasteiger partial charge in [0.15, 0.2) is 0 Å². The molecule has 0 unspecified atom stereocenters. The van der Waals surface area contributed by atoms with Crippen LogP contribution in [0.25, 0.3) is 0 Å². The highest BCUT2D eigenvalue weighted by Crippen LogP contribution is 2.21. The lowest BCUT2D eigenvalue weighted by Crippen LogP contribution is -2.28. The smallest absolute Gasteiger partial charge is 0.255 e. The van der Waals surface area contributed by atoms with E-state index in [4.69, 9.17) is 0 Å². The molecule has 26 heavy (non-hydrogen) atoms. The molecule has 0 aliphatic carbocycles. The summed E-state index contributed by atoms with van der Waals surface area (Å²) in [5.41, 5.74) is 1.88. The number of benzene rings is 2. The molecule has 1 fully saturated rings. The minimum Gasteiger partial charge on any atom is -0.507 e. The molecule has 0 atom stereocenters. The van der Waals surface area contributed by atoms with Crippen LogP contribution in [0.15, 0.2) is 47.4 Å². The normalized spacial score (nSPS) is 15.1. The number of rotatable bonds is 5. The summed E-state index contributed by atoms with van der Waals surface area (Å²) in [5.74, 6) is -0.444. The van der Waals surface area contributed by atoms with Crippen LogP contribution in [-0.2, 0) is 16.6 Å². The molecule has 1 aliphatic rings. The van der Waals surface area contributed by atoms with E-state index >= 15 is 0 Å². The van der Waals surface area contributed by atoms with E-state index in [1.807, 2.05) is 6.92 Å². The third-order valence-corrected chi connectivity index (χ3v) is 6.39. The van der Waals surface area contributed by atoms with E-state index in [2.05, 4.69) is 5.32 Å². The van der Waals surface area contributed by atoms with E-state index in [0.29, 0.717) is 13.1 Å². The summed E-state index contributed by atoms with van der Waals surface area (Å²) in [7, 11) is -3.43. The summed E-state index contributed by atoms with van der Waals surface area (Å²) in [6, 6.07) is 11.4. The fourth-order valence-electron chi connectivity index (χ4n) is 2.97. The first-order chi connectivity index (χ1) is 12.4. The molecule has 138 valence electrons. The van der Waals surface area contributed by atoms with Gasteiger partial charge in [0.25, 0.3) is 5.91 Å². The molecule has 2 aromatic carbocycles. The molecule has 0 spiro atoms. The molecule has 0 saturated carbocycles. The number of sulfonamides is 1. The maximum Gasteiger partial charge on any atom is 0.255 e. The molecule has 2 aromatic rings. The zero-order valence-corrected chi connectivity index (χ0v) is 15.4. The summed E-state index contributed by atoms with van der Waals surface area (Å²) in [6.45, 7) is 3.23. The summed E-state index contributed by atoms with van der Waals surface area (Å²) in [5, 5.41) is 12.5. The Balaban J connectivity index is 1.66. The molecular weight excluding hydrogens is 352 g/mol. The standard InChI is InChI=1S/C19H22N2O4S/c1-14-4-9-18(22)17(12-14)19(23)20-13-15-5-7-16(8-6-15)26(24,25)21-10-2-3-11-21/h4-9,12,22H,2-3,10-11,13H2,1H3,(H,20,23). The van der Waals surface area contributed by atoms with Gasteiger partial charge in [0.1, 0.15) is 5.75 Å². The van der Waals surface area contributed by atoms with Gasteiger partial charge in [-0.2, -0.15) is 4.31 Å². The van der Waals surface area contributed by atoms with Crippen LogP contribution in [0.5, 0.6) is 5.75 Å². The zero-order valence-electron chi connectivity index (χ0n) is 14.6. The predicted octanol–water partition coefficient (Wildman–Crippen LogP) is 2.42. The van der Waals surface area contributed by atoms with Crippen LogP contribution in [0.3, 0.4) is 0 Å². The third kappa shape index (κ3) is 3.89. The van der Waals surface area contributed by atoms with Crippen molar-refractivity contribution >= 4 is 15.9 Å². The second-order valence-electron chi connectivity index (χ2n) is 6.46. The van der Waals surface area contributed by atoms with Gasteiger partial charge in [0.05, 0.1) is 10.5 Å². The van der Waals surface area contributed by atoms with Crippen LogP contribution in [-0.4, -0.2) is 36.8 Å². The van der Waals surface area contributed by atoms with Crippen molar-refractivity contribution in [3.05, 3.63) is 59.2 Å². The lowest BCUT2D eigenvalue weighted by molar-refractivity contribution is 0.0948. The molecule has 0 bridgehead atoms. The van der Waals surface area contributed by atoms with E-state index in [0.717, 1.165) is 24.0 Å². The Labute approximate surface area is 153 Å². The van der Waals surface area contributed by atoms with E-state index in [1.54, 1.807) is 36.4 Å². The van der Waals surface area contributed by atoms with Crippen molar-refractivity contribution in [1.82, 2.24) is 9.62 Å². The van der Waals surface area contributed by atoms with Crippen molar-refractivity contribution in [3.8, 4) is 5.75 Å². The fraction of sp³-hybridized carbons (Fsp3) is 0.316. The quantitative estimate of drug-likeness (QED) is 0.841. The molecular formula is C19H22N2O4S. The topological polar surface area (TPSA) is 86.7 Å². The monoisotopic (exact) mass is 374 g/mol. The Morgan fingerprint density at radius 2 is 1.77 bits per heavy atom. The van der Waals surface area contributed by atoms with Crippen molar-refractivity contribution in [1.29, 1.82) is 0 Å². The fourth-order valence-corrected chi connectivity index (χ4v) is 4.48. The van der Waals surface area contributed by atoms with Gasteiger partial charge in [-0.05, 0) is 49.6 Å². The summed E-state index contributed by atoms with van der Waals surface area (Å²) >= 11 is 0. The van der Waals surface area contributed by atoms with Gasteiger partial charge in [0, 0.05) is 19.6 Å². The first kappa shape index (κ1) is 18.4. The molecule has 3 rings (SSSR count). The Kier molecular flexibility index (Phi) is 5.29. The molecule has 0 aromatic heterocycles. The highest BCUT2D eigenvalue weighted by molar-refractivity contribution is 7.89. The van der Waals surface area contributed by atoms with Gasteiger partial charge in [-0.15, -0.1) is 0 Å². The molecule has 1 heterocycles. The van der Waals surface area contributed by atoms with Gasteiger partial charge in [-0.1, -0.05) is 23.8 Å². The number of carbonyl (C=O) groups excluding carboxylic acids is 1. The molecule has 0 radical (unpaired) electrons. The van der Waals surface area contributed by atoms with Crippen LogP contribution < -0.4 is 5.32 Å². The number of nitrogens with zero attached hydrogens (tertiary/aromatic N) is 1. The Hall–Kier alpha value is -2.38. The van der Waals surface area contributed by atoms with Crippen LogP contribution in [0.4, 0.5) is 0 Å². The largest absolute Gasteiger partial charge is 0.507 e. The maximum atomic E-state index is 12.5.